The van der Waals surface area contributed by atoms with E-state index in [-0.39, 0.29) is 10.6 Å². The first-order chi connectivity index (χ1) is 11.9. The second-order valence-corrected chi connectivity index (χ2v) is 6.71. The number of carboxylic acids is 1. The summed E-state index contributed by atoms with van der Waals surface area (Å²) in [7, 11) is 0. The molecule has 2 aromatic carbocycles. The molecule has 0 aromatic heterocycles. The van der Waals surface area contributed by atoms with Gasteiger partial charge in [0.1, 0.15) is 6.54 Å². The standard InChI is InChI=1S/C13H22N.C7H4Cl2O2/c1-4-14(5-2,6-3)12-13-10-8-7-9-11-13;8-4-1-2-5(7(10)11)6(9)3-4/h7-11H,4-6,12H2,1-3H3;1-3H,(H,10,11)/q+1;. The molecule has 136 valence electrons. The second-order valence-electron chi connectivity index (χ2n) is 5.86. The first kappa shape index (κ1) is 21.5. The maximum absolute atomic E-state index is 10.4. The van der Waals surface area contributed by atoms with Gasteiger partial charge in [0.2, 0.25) is 0 Å². The van der Waals surface area contributed by atoms with Gasteiger partial charge in [-0.3, -0.25) is 0 Å². The van der Waals surface area contributed by atoms with Gasteiger partial charge in [-0.15, -0.1) is 0 Å². The van der Waals surface area contributed by atoms with E-state index in [0.29, 0.717) is 5.02 Å². The molecular formula is C20H26Cl2NO2+. The van der Waals surface area contributed by atoms with Crippen LogP contribution in [0.5, 0.6) is 0 Å². The highest BCUT2D eigenvalue weighted by atomic mass is 35.5. The fourth-order valence-electron chi connectivity index (χ4n) is 2.64. The summed E-state index contributed by atoms with van der Waals surface area (Å²) < 4.78 is 1.20. The minimum Gasteiger partial charge on any atom is -0.478 e. The third kappa shape index (κ3) is 6.69. The van der Waals surface area contributed by atoms with Gasteiger partial charge in [0, 0.05) is 10.6 Å². The van der Waals surface area contributed by atoms with E-state index in [1.54, 1.807) is 0 Å². The van der Waals surface area contributed by atoms with Gasteiger partial charge in [-0.2, -0.15) is 0 Å². The molecule has 0 radical (unpaired) electrons. The number of aromatic carboxylic acids is 1. The molecule has 2 rings (SSSR count). The third-order valence-corrected chi connectivity index (χ3v) is 5.08. The Bertz CT molecular complexity index is 662. The Balaban J connectivity index is 0.000000257. The van der Waals surface area contributed by atoms with Gasteiger partial charge < -0.3 is 9.59 Å². The van der Waals surface area contributed by atoms with Gasteiger partial charge in [-0.05, 0) is 39.0 Å². The summed E-state index contributed by atoms with van der Waals surface area (Å²) in [5.74, 6) is -1.05. The van der Waals surface area contributed by atoms with Crippen molar-refractivity contribution < 1.29 is 14.4 Å². The monoisotopic (exact) mass is 382 g/mol. The van der Waals surface area contributed by atoms with Gasteiger partial charge in [0.05, 0.1) is 30.2 Å². The van der Waals surface area contributed by atoms with E-state index in [4.69, 9.17) is 28.3 Å². The molecule has 0 bridgehead atoms. The lowest BCUT2D eigenvalue weighted by atomic mass is 10.2. The molecule has 25 heavy (non-hydrogen) atoms. The molecule has 3 nitrogen and oxygen atoms in total. The number of quaternary nitrogens is 1. The van der Waals surface area contributed by atoms with Crippen molar-refractivity contribution >= 4 is 29.2 Å². The van der Waals surface area contributed by atoms with Crippen molar-refractivity contribution in [2.75, 3.05) is 19.6 Å². The lowest BCUT2D eigenvalue weighted by Gasteiger charge is -2.35. The highest BCUT2D eigenvalue weighted by Gasteiger charge is 2.20. The van der Waals surface area contributed by atoms with E-state index in [1.165, 1.54) is 54.4 Å². The van der Waals surface area contributed by atoms with E-state index in [2.05, 4.69) is 51.1 Å². The molecule has 1 N–H and O–H groups in total. The van der Waals surface area contributed by atoms with Crippen LogP contribution in [0.4, 0.5) is 0 Å². The predicted molar refractivity (Wildman–Crippen MR) is 105 cm³/mol. The number of carbonyl (C=O) groups is 1. The smallest absolute Gasteiger partial charge is 0.337 e. The van der Waals surface area contributed by atoms with Crippen LogP contribution in [0.15, 0.2) is 48.5 Å². The Labute approximate surface area is 160 Å². The Morgan fingerprint density at radius 1 is 0.960 bits per heavy atom. The van der Waals surface area contributed by atoms with Crippen LogP contribution in [-0.2, 0) is 6.54 Å². The molecule has 0 atom stereocenters. The summed E-state index contributed by atoms with van der Waals surface area (Å²) in [6, 6.07) is 15.1. The molecule has 0 saturated heterocycles. The summed E-state index contributed by atoms with van der Waals surface area (Å²) in [4.78, 5) is 10.4. The number of halogens is 2. The van der Waals surface area contributed by atoms with Gasteiger partial charge in [0.15, 0.2) is 0 Å². The fourth-order valence-corrected chi connectivity index (χ4v) is 3.13. The molecule has 2 aromatic rings. The largest absolute Gasteiger partial charge is 0.478 e. The molecule has 0 aliphatic heterocycles. The maximum Gasteiger partial charge on any atom is 0.337 e. The number of carboxylic acid groups (broad SMARTS) is 1. The van der Waals surface area contributed by atoms with Crippen molar-refractivity contribution in [1.29, 1.82) is 0 Å². The summed E-state index contributed by atoms with van der Waals surface area (Å²) in [5.41, 5.74) is 1.52. The summed E-state index contributed by atoms with van der Waals surface area (Å²) in [6.07, 6.45) is 0. The van der Waals surface area contributed by atoms with E-state index in [9.17, 15) is 4.79 Å². The van der Waals surface area contributed by atoms with E-state index >= 15 is 0 Å². The molecular weight excluding hydrogens is 357 g/mol. The van der Waals surface area contributed by atoms with Crippen LogP contribution in [0.1, 0.15) is 36.7 Å². The highest BCUT2D eigenvalue weighted by Crippen LogP contribution is 2.20. The number of nitrogens with zero attached hydrogens (tertiary/aromatic N) is 1. The third-order valence-electron chi connectivity index (χ3n) is 4.53. The fraction of sp³-hybridized carbons (Fsp3) is 0.350. The molecule has 0 heterocycles. The van der Waals surface area contributed by atoms with Crippen molar-refractivity contribution in [2.45, 2.75) is 27.3 Å². The Morgan fingerprint density at radius 2 is 1.52 bits per heavy atom. The molecule has 5 heteroatoms. The average Bonchev–Trinajstić information content (AvgIpc) is 2.61. The zero-order valence-electron chi connectivity index (χ0n) is 15.0. The predicted octanol–water partition coefficient (Wildman–Crippen LogP) is 5.75. The summed E-state index contributed by atoms with van der Waals surface area (Å²) in [6.45, 7) is 11.7. The summed E-state index contributed by atoms with van der Waals surface area (Å²) in [5, 5.41) is 9.12. The van der Waals surface area contributed by atoms with Crippen LogP contribution in [0, 0.1) is 0 Å². The Hall–Kier alpha value is -1.55. The molecule has 0 aliphatic rings. The lowest BCUT2D eigenvalue weighted by Crippen LogP contribution is -2.46. The quantitative estimate of drug-likeness (QED) is 0.645. The second kappa shape index (κ2) is 10.4. The van der Waals surface area contributed by atoms with Crippen LogP contribution in [0.3, 0.4) is 0 Å². The molecule has 0 saturated carbocycles. The number of rotatable bonds is 6. The Morgan fingerprint density at radius 3 is 1.96 bits per heavy atom. The number of benzene rings is 2. The molecule has 0 spiro atoms. The van der Waals surface area contributed by atoms with Crippen LogP contribution in [0.25, 0.3) is 0 Å². The van der Waals surface area contributed by atoms with Crippen LogP contribution < -0.4 is 0 Å². The van der Waals surface area contributed by atoms with Gasteiger partial charge >= 0.3 is 5.97 Å². The lowest BCUT2D eigenvalue weighted by molar-refractivity contribution is -0.936. The van der Waals surface area contributed by atoms with Gasteiger partial charge in [0.25, 0.3) is 0 Å². The zero-order valence-corrected chi connectivity index (χ0v) is 16.5. The van der Waals surface area contributed by atoms with Gasteiger partial charge in [-0.25, -0.2) is 4.79 Å². The highest BCUT2D eigenvalue weighted by molar-refractivity contribution is 6.36. The van der Waals surface area contributed by atoms with Crippen LogP contribution in [-0.4, -0.2) is 35.2 Å². The van der Waals surface area contributed by atoms with Crippen LogP contribution >= 0.6 is 23.2 Å². The SMILES string of the molecule is CC[N+](CC)(CC)Cc1ccccc1.O=C(O)c1ccc(Cl)cc1Cl. The Kier molecular flexibility index (Phi) is 8.98. The summed E-state index contributed by atoms with van der Waals surface area (Å²) >= 11 is 11.1. The molecule has 0 aliphatic carbocycles. The average molecular weight is 383 g/mol. The van der Waals surface area contributed by atoms with Crippen molar-refractivity contribution in [2.24, 2.45) is 0 Å². The first-order valence-corrected chi connectivity index (χ1v) is 9.20. The number of hydrogen-bond acceptors (Lipinski definition) is 1. The topological polar surface area (TPSA) is 37.3 Å². The molecule has 0 fully saturated rings. The van der Waals surface area contributed by atoms with Gasteiger partial charge in [-0.1, -0.05) is 53.5 Å². The molecule has 0 amide bonds. The van der Waals surface area contributed by atoms with E-state index in [1.807, 2.05) is 0 Å². The van der Waals surface area contributed by atoms with Crippen molar-refractivity contribution in [3.05, 3.63) is 69.7 Å². The van der Waals surface area contributed by atoms with Crippen molar-refractivity contribution in [3.8, 4) is 0 Å². The van der Waals surface area contributed by atoms with Crippen LogP contribution in [0.2, 0.25) is 10.0 Å². The maximum atomic E-state index is 10.4. The normalized spacial score (nSPS) is 10.8. The van der Waals surface area contributed by atoms with E-state index in [0.717, 1.165) is 0 Å². The minimum absolute atomic E-state index is 0.0658. The minimum atomic E-state index is -1.05. The van der Waals surface area contributed by atoms with Crippen molar-refractivity contribution in [3.63, 3.8) is 0 Å². The zero-order chi connectivity index (χ0) is 18.9. The first-order valence-electron chi connectivity index (χ1n) is 8.44. The van der Waals surface area contributed by atoms with Crippen molar-refractivity contribution in [1.82, 2.24) is 0 Å². The number of hydrogen-bond donors (Lipinski definition) is 1. The molecule has 0 unspecified atom stereocenters. The van der Waals surface area contributed by atoms with E-state index < -0.39 is 5.97 Å².